The Hall–Kier alpha value is -3.58. The molecule has 4 heteroatoms. The van der Waals surface area contributed by atoms with E-state index in [0.717, 1.165) is 33.3 Å². The number of nitrogens with zero attached hydrogens (tertiary/aromatic N) is 1. The zero-order valence-electron chi connectivity index (χ0n) is 16.3. The van der Waals surface area contributed by atoms with Gasteiger partial charge in [0.2, 0.25) is 0 Å². The van der Waals surface area contributed by atoms with Crippen LogP contribution < -0.4 is 10.6 Å². The van der Waals surface area contributed by atoms with Crippen molar-refractivity contribution in [2.75, 3.05) is 10.6 Å². The minimum Gasteiger partial charge on any atom is -0.360 e. The fourth-order valence-electron chi connectivity index (χ4n) is 3.17. The summed E-state index contributed by atoms with van der Waals surface area (Å²) in [5, 5.41) is 17.6. The molecule has 0 heterocycles. The number of hydrogen-bond donors (Lipinski definition) is 2. The smallest absolute Gasteiger partial charge is 0.267 e. The van der Waals surface area contributed by atoms with Gasteiger partial charge >= 0.3 is 0 Å². The second-order valence-electron chi connectivity index (χ2n) is 6.99. The fraction of sp³-hybridized carbons (Fsp3) is 0.167. The van der Waals surface area contributed by atoms with E-state index in [1.54, 1.807) is 0 Å². The molecule has 3 aromatic rings. The molecule has 0 aliphatic carbocycles. The van der Waals surface area contributed by atoms with Gasteiger partial charge in [0, 0.05) is 23.0 Å². The summed E-state index contributed by atoms with van der Waals surface area (Å²) in [6.45, 7) is 6.10. The van der Waals surface area contributed by atoms with Crippen molar-refractivity contribution in [3.63, 3.8) is 0 Å². The van der Waals surface area contributed by atoms with E-state index in [0.29, 0.717) is 0 Å². The van der Waals surface area contributed by atoms with Crippen LogP contribution in [0.15, 0.2) is 72.4 Å². The van der Waals surface area contributed by atoms with Gasteiger partial charge in [-0.2, -0.15) is 5.26 Å². The highest BCUT2D eigenvalue weighted by molar-refractivity contribution is 6.07. The number of benzene rings is 3. The highest BCUT2D eigenvalue weighted by Crippen LogP contribution is 2.28. The van der Waals surface area contributed by atoms with Crippen LogP contribution in [-0.4, -0.2) is 5.91 Å². The van der Waals surface area contributed by atoms with Gasteiger partial charge in [-0.15, -0.1) is 0 Å². The van der Waals surface area contributed by atoms with E-state index in [-0.39, 0.29) is 11.5 Å². The molecule has 0 saturated heterocycles. The van der Waals surface area contributed by atoms with Gasteiger partial charge in [0.15, 0.2) is 0 Å². The van der Waals surface area contributed by atoms with E-state index in [1.807, 2.05) is 73.7 Å². The van der Waals surface area contributed by atoms with Crippen molar-refractivity contribution >= 4 is 28.1 Å². The van der Waals surface area contributed by atoms with E-state index in [2.05, 4.69) is 24.5 Å². The molecule has 0 bridgehead atoms. The molecule has 4 nitrogen and oxygen atoms in total. The van der Waals surface area contributed by atoms with Crippen LogP contribution >= 0.6 is 0 Å². The average molecular weight is 369 g/mol. The van der Waals surface area contributed by atoms with E-state index < -0.39 is 5.91 Å². The predicted molar refractivity (Wildman–Crippen MR) is 115 cm³/mol. The van der Waals surface area contributed by atoms with Gasteiger partial charge < -0.3 is 10.6 Å². The third-order valence-corrected chi connectivity index (χ3v) is 4.69. The maximum Gasteiger partial charge on any atom is 0.267 e. The van der Waals surface area contributed by atoms with Gasteiger partial charge in [-0.25, -0.2) is 0 Å². The topological polar surface area (TPSA) is 64.9 Å². The largest absolute Gasteiger partial charge is 0.360 e. The quantitative estimate of drug-likeness (QED) is 0.446. The summed E-state index contributed by atoms with van der Waals surface area (Å²) in [5.41, 5.74) is 3.66. The Morgan fingerprint density at radius 1 is 1.04 bits per heavy atom. The highest BCUT2D eigenvalue weighted by Gasteiger charge is 2.15. The second-order valence-corrected chi connectivity index (χ2v) is 6.99. The van der Waals surface area contributed by atoms with Crippen molar-refractivity contribution < 1.29 is 4.79 Å². The normalized spacial score (nSPS) is 11.3. The number of nitrogens with one attached hydrogen (secondary N) is 2. The van der Waals surface area contributed by atoms with Crippen LogP contribution in [0.1, 0.15) is 30.9 Å². The second kappa shape index (κ2) is 8.41. The van der Waals surface area contributed by atoms with Crippen molar-refractivity contribution in [2.24, 2.45) is 0 Å². The number of nitriles is 1. The number of carbonyl (C=O) groups excluding carboxylic acids is 1. The molecule has 3 rings (SSSR count). The van der Waals surface area contributed by atoms with E-state index in [4.69, 9.17) is 0 Å². The minimum atomic E-state index is -0.425. The summed E-state index contributed by atoms with van der Waals surface area (Å²) in [6.07, 6.45) is 1.46. The summed E-state index contributed by atoms with van der Waals surface area (Å²) in [4.78, 5) is 12.7. The monoisotopic (exact) mass is 369 g/mol. The first-order chi connectivity index (χ1) is 13.5. The van der Waals surface area contributed by atoms with Crippen LogP contribution in [0.2, 0.25) is 0 Å². The molecule has 2 N–H and O–H groups in total. The van der Waals surface area contributed by atoms with Crippen molar-refractivity contribution in [2.45, 2.75) is 26.7 Å². The third-order valence-electron chi connectivity index (χ3n) is 4.69. The highest BCUT2D eigenvalue weighted by atomic mass is 16.1. The molecule has 0 fully saturated rings. The molecule has 1 amide bonds. The molecule has 0 unspecified atom stereocenters. The lowest BCUT2D eigenvalue weighted by molar-refractivity contribution is -0.112. The van der Waals surface area contributed by atoms with Gasteiger partial charge in [0.1, 0.15) is 11.6 Å². The van der Waals surface area contributed by atoms with Crippen molar-refractivity contribution in [3.8, 4) is 6.07 Å². The van der Waals surface area contributed by atoms with Gasteiger partial charge in [-0.3, -0.25) is 4.79 Å². The first kappa shape index (κ1) is 19.2. The molecule has 0 aromatic heterocycles. The molecular weight excluding hydrogens is 346 g/mol. The number of hydrogen-bond acceptors (Lipinski definition) is 3. The Labute approximate surface area is 165 Å². The molecule has 140 valence electrons. The number of aryl methyl sites for hydroxylation is 1. The Balaban J connectivity index is 1.86. The van der Waals surface area contributed by atoms with Crippen LogP contribution in [0, 0.1) is 18.3 Å². The molecule has 0 atom stereocenters. The van der Waals surface area contributed by atoms with Crippen LogP contribution in [0.4, 0.5) is 11.4 Å². The minimum absolute atomic E-state index is 0.0193. The number of rotatable bonds is 5. The SMILES string of the molecule is Cc1cccc(C(C)C)c1NC(=O)/C(C#N)=C\Nc1cccc2ccccc12. The Morgan fingerprint density at radius 2 is 1.75 bits per heavy atom. The van der Waals surface area contributed by atoms with Gasteiger partial charge in [0.25, 0.3) is 5.91 Å². The molecule has 0 aliphatic rings. The standard InChI is InChI=1S/C24H23N3O/c1-16(2)20-12-6-8-17(3)23(20)27-24(28)19(14-25)15-26-22-13-7-10-18-9-4-5-11-21(18)22/h4-13,15-16,26H,1-3H3,(H,27,28)/b19-15-. The van der Waals surface area contributed by atoms with E-state index >= 15 is 0 Å². The first-order valence-electron chi connectivity index (χ1n) is 9.26. The molecule has 0 spiro atoms. The van der Waals surface area contributed by atoms with Gasteiger partial charge in [0.05, 0.1) is 0 Å². The molecule has 3 aromatic carbocycles. The lowest BCUT2D eigenvalue weighted by Crippen LogP contribution is -2.17. The van der Waals surface area contributed by atoms with E-state index in [1.165, 1.54) is 6.20 Å². The number of amides is 1. The summed E-state index contributed by atoms with van der Waals surface area (Å²) in [5.74, 6) is -0.162. The summed E-state index contributed by atoms with van der Waals surface area (Å²) in [6, 6.07) is 21.8. The molecule has 0 aliphatic heterocycles. The number of para-hydroxylation sites is 1. The average Bonchev–Trinajstić information content (AvgIpc) is 2.70. The first-order valence-corrected chi connectivity index (χ1v) is 9.26. The zero-order chi connectivity index (χ0) is 20.1. The Kier molecular flexibility index (Phi) is 5.76. The number of anilines is 2. The van der Waals surface area contributed by atoms with Gasteiger partial charge in [-0.05, 0) is 35.4 Å². The van der Waals surface area contributed by atoms with E-state index in [9.17, 15) is 10.1 Å². The number of fused-ring (bicyclic) bond motifs is 1. The maximum atomic E-state index is 12.7. The molecule has 0 radical (unpaired) electrons. The molecule has 0 saturated carbocycles. The number of carbonyl (C=O) groups is 1. The fourth-order valence-corrected chi connectivity index (χ4v) is 3.17. The summed E-state index contributed by atoms with van der Waals surface area (Å²) < 4.78 is 0. The van der Waals surface area contributed by atoms with Crippen LogP contribution in [0.3, 0.4) is 0 Å². The molecular formula is C24H23N3O. The van der Waals surface area contributed by atoms with Gasteiger partial charge in [-0.1, -0.05) is 68.4 Å². The van der Waals surface area contributed by atoms with Crippen LogP contribution in [0.5, 0.6) is 0 Å². The molecule has 28 heavy (non-hydrogen) atoms. The van der Waals surface area contributed by atoms with Crippen molar-refractivity contribution in [3.05, 3.63) is 83.6 Å². The van der Waals surface area contributed by atoms with Crippen molar-refractivity contribution in [1.29, 1.82) is 5.26 Å². The van der Waals surface area contributed by atoms with Crippen LogP contribution in [0.25, 0.3) is 10.8 Å². The zero-order valence-corrected chi connectivity index (χ0v) is 16.3. The lowest BCUT2D eigenvalue weighted by atomic mass is 9.98. The third kappa shape index (κ3) is 4.05. The van der Waals surface area contributed by atoms with Crippen LogP contribution in [-0.2, 0) is 4.79 Å². The summed E-state index contributed by atoms with van der Waals surface area (Å²) >= 11 is 0. The maximum absolute atomic E-state index is 12.7. The lowest BCUT2D eigenvalue weighted by Gasteiger charge is -2.16. The van der Waals surface area contributed by atoms with Crippen molar-refractivity contribution in [1.82, 2.24) is 0 Å². The predicted octanol–water partition coefficient (Wildman–Crippen LogP) is 5.73. The summed E-state index contributed by atoms with van der Waals surface area (Å²) in [7, 11) is 0. The Bertz CT molecular complexity index is 1090. The Morgan fingerprint density at radius 3 is 2.50 bits per heavy atom.